The third-order valence-corrected chi connectivity index (χ3v) is 2.56. The monoisotopic (exact) mass is 214 g/mol. The van der Waals surface area contributed by atoms with Crippen LogP contribution in [0.15, 0.2) is 0 Å². The first kappa shape index (κ1) is 12.3. The Morgan fingerprint density at radius 1 is 1.33 bits per heavy atom. The van der Waals surface area contributed by atoms with Crippen LogP contribution in [0, 0.1) is 0 Å². The smallest absolute Gasteiger partial charge is 0.315 e. The van der Waals surface area contributed by atoms with Gasteiger partial charge >= 0.3 is 6.03 Å². The molecule has 88 valence electrons. The zero-order valence-corrected chi connectivity index (χ0v) is 10.1. The largest absolute Gasteiger partial charge is 0.379 e. The lowest BCUT2D eigenvalue weighted by molar-refractivity contribution is 0.0871. The van der Waals surface area contributed by atoms with Crippen molar-refractivity contribution < 1.29 is 9.53 Å². The van der Waals surface area contributed by atoms with Crippen LogP contribution in [0.2, 0.25) is 0 Å². The lowest BCUT2D eigenvalue weighted by Crippen LogP contribution is -2.51. The second kappa shape index (κ2) is 4.84. The molecule has 1 rings (SSSR count). The Hall–Kier alpha value is -0.770. The molecule has 0 bridgehead atoms. The SMILES string of the molecule is COC1CCCC1NC(=O)NC(C)(C)C. The predicted molar refractivity (Wildman–Crippen MR) is 59.9 cm³/mol. The van der Waals surface area contributed by atoms with Gasteiger partial charge in [0.1, 0.15) is 0 Å². The maximum atomic E-state index is 11.6. The molecule has 0 aromatic rings. The van der Waals surface area contributed by atoms with Crippen molar-refractivity contribution >= 4 is 6.03 Å². The molecule has 2 amide bonds. The molecule has 2 N–H and O–H groups in total. The summed E-state index contributed by atoms with van der Waals surface area (Å²) in [6.07, 6.45) is 3.35. The molecule has 0 spiro atoms. The van der Waals surface area contributed by atoms with Gasteiger partial charge in [-0.25, -0.2) is 4.79 Å². The summed E-state index contributed by atoms with van der Waals surface area (Å²) in [4.78, 5) is 11.6. The summed E-state index contributed by atoms with van der Waals surface area (Å²) in [6, 6.07) is 0.0637. The average Bonchev–Trinajstić information content (AvgIpc) is 2.48. The second-order valence-electron chi connectivity index (χ2n) is 5.16. The molecule has 15 heavy (non-hydrogen) atoms. The minimum atomic E-state index is -0.189. The first-order valence-electron chi connectivity index (χ1n) is 5.54. The number of urea groups is 1. The zero-order valence-electron chi connectivity index (χ0n) is 10.1. The minimum Gasteiger partial charge on any atom is -0.379 e. The Morgan fingerprint density at radius 3 is 2.53 bits per heavy atom. The summed E-state index contributed by atoms with van der Waals surface area (Å²) in [5.74, 6) is 0. The Balaban J connectivity index is 2.37. The van der Waals surface area contributed by atoms with Gasteiger partial charge in [0.25, 0.3) is 0 Å². The summed E-state index contributed by atoms with van der Waals surface area (Å²) >= 11 is 0. The van der Waals surface area contributed by atoms with Gasteiger partial charge in [-0.05, 0) is 40.0 Å². The summed E-state index contributed by atoms with van der Waals surface area (Å²) in [7, 11) is 1.70. The van der Waals surface area contributed by atoms with Crippen molar-refractivity contribution in [3.8, 4) is 0 Å². The molecule has 1 aliphatic rings. The van der Waals surface area contributed by atoms with Gasteiger partial charge in [0.05, 0.1) is 12.1 Å². The Kier molecular flexibility index (Phi) is 3.97. The normalized spacial score (nSPS) is 26.4. The number of nitrogens with one attached hydrogen (secondary N) is 2. The number of carbonyl (C=O) groups excluding carboxylic acids is 1. The number of hydrogen-bond acceptors (Lipinski definition) is 2. The van der Waals surface area contributed by atoms with E-state index in [1.165, 1.54) is 0 Å². The lowest BCUT2D eigenvalue weighted by atomic mass is 10.1. The van der Waals surface area contributed by atoms with Crippen molar-refractivity contribution in [2.45, 2.75) is 57.7 Å². The van der Waals surface area contributed by atoms with Gasteiger partial charge in [-0.2, -0.15) is 0 Å². The van der Waals surface area contributed by atoms with Crippen LogP contribution in [0.5, 0.6) is 0 Å². The van der Waals surface area contributed by atoms with E-state index in [1.54, 1.807) is 7.11 Å². The molecule has 1 saturated carbocycles. The minimum absolute atomic E-state index is 0.101. The summed E-state index contributed by atoms with van der Waals surface area (Å²) in [5, 5.41) is 5.85. The summed E-state index contributed by atoms with van der Waals surface area (Å²) in [6.45, 7) is 5.90. The van der Waals surface area contributed by atoms with E-state index >= 15 is 0 Å². The van der Waals surface area contributed by atoms with Gasteiger partial charge in [-0.3, -0.25) is 0 Å². The fourth-order valence-electron chi connectivity index (χ4n) is 1.92. The molecule has 0 aromatic heterocycles. The molecule has 2 unspecified atom stereocenters. The van der Waals surface area contributed by atoms with Gasteiger partial charge in [-0.15, -0.1) is 0 Å². The van der Waals surface area contributed by atoms with Crippen molar-refractivity contribution in [3.05, 3.63) is 0 Å². The zero-order chi connectivity index (χ0) is 11.5. The number of rotatable bonds is 2. The third kappa shape index (κ3) is 4.08. The molecular formula is C11H22N2O2. The van der Waals surface area contributed by atoms with E-state index in [4.69, 9.17) is 4.74 Å². The highest BCUT2D eigenvalue weighted by Gasteiger charge is 2.29. The van der Waals surface area contributed by atoms with E-state index in [9.17, 15) is 4.79 Å². The van der Waals surface area contributed by atoms with E-state index < -0.39 is 0 Å². The van der Waals surface area contributed by atoms with E-state index in [-0.39, 0.29) is 23.7 Å². The predicted octanol–water partition coefficient (Wildman–Crippen LogP) is 1.65. The van der Waals surface area contributed by atoms with Crippen molar-refractivity contribution in [2.75, 3.05) is 7.11 Å². The van der Waals surface area contributed by atoms with Crippen LogP contribution in [0.4, 0.5) is 4.79 Å². The molecule has 0 aromatic carbocycles. The fourth-order valence-corrected chi connectivity index (χ4v) is 1.92. The molecule has 4 nitrogen and oxygen atoms in total. The topological polar surface area (TPSA) is 50.4 Å². The fraction of sp³-hybridized carbons (Fsp3) is 0.909. The van der Waals surface area contributed by atoms with Crippen molar-refractivity contribution in [1.82, 2.24) is 10.6 Å². The molecule has 0 heterocycles. The first-order chi connectivity index (χ1) is 6.92. The molecule has 0 aliphatic heterocycles. The number of amides is 2. The maximum absolute atomic E-state index is 11.6. The van der Waals surface area contributed by atoms with Crippen LogP contribution in [0.1, 0.15) is 40.0 Å². The molecular weight excluding hydrogens is 192 g/mol. The van der Waals surface area contributed by atoms with Gasteiger partial charge in [0.15, 0.2) is 0 Å². The van der Waals surface area contributed by atoms with Crippen LogP contribution < -0.4 is 10.6 Å². The standard InChI is InChI=1S/C11H22N2O2/c1-11(2,3)13-10(14)12-8-6-5-7-9(8)15-4/h8-9H,5-7H2,1-4H3,(H2,12,13,14). The average molecular weight is 214 g/mol. The highest BCUT2D eigenvalue weighted by Crippen LogP contribution is 2.21. The number of carbonyl (C=O) groups is 1. The second-order valence-corrected chi connectivity index (χ2v) is 5.16. The molecule has 2 atom stereocenters. The highest BCUT2D eigenvalue weighted by atomic mass is 16.5. The van der Waals surface area contributed by atoms with Crippen molar-refractivity contribution in [3.63, 3.8) is 0 Å². The summed E-state index contributed by atoms with van der Waals surface area (Å²) in [5.41, 5.74) is -0.189. The Bertz CT molecular complexity index is 223. The van der Waals surface area contributed by atoms with Gasteiger partial charge in [-0.1, -0.05) is 0 Å². The number of methoxy groups -OCH3 is 1. The molecule has 0 radical (unpaired) electrons. The van der Waals surface area contributed by atoms with Crippen molar-refractivity contribution in [2.24, 2.45) is 0 Å². The Morgan fingerprint density at radius 2 is 2.00 bits per heavy atom. The summed E-state index contributed by atoms with van der Waals surface area (Å²) < 4.78 is 5.31. The molecule has 4 heteroatoms. The van der Waals surface area contributed by atoms with Gasteiger partial charge in [0.2, 0.25) is 0 Å². The highest BCUT2D eigenvalue weighted by molar-refractivity contribution is 5.75. The number of ether oxygens (including phenoxy) is 1. The van der Waals surface area contributed by atoms with Crippen LogP contribution in [0.3, 0.4) is 0 Å². The van der Waals surface area contributed by atoms with E-state index in [1.807, 2.05) is 20.8 Å². The molecule has 1 fully saturated rings. The van der Waals surface area contributed by atoms with Crippen LogP contribution in [-0.2, 0) is 4.74 Å². The van der Waals surface area contributed by atoms with E-state index in [2.05, 4.69) is 10.6 Å². The van der Waals surface area contributed by atoms with E-state index in [0.29, 0.717) is 0 Å². The maximum Gasteiger partial charge on any atom is 0.315 e. The van der Waals surface area contributed by atoms with Crippen LogP contribution in [-0.4, -0.2) is 30.8 Å². The molecule has 0 saturated heterocycles. The lowest BCUT2D eigenvalue weighted by Gasteiger charge is -2.25. The first-order valence-corrected chi connectivity index (χ1v) is 5.54. The van der Waals surface area contributed by atoms with E-state index in [0.717, 1.165) is 19.3 Å². The van der Waals surface area contributed by atoms with Crippen LogP contribution >= 0.6 is 0 Å². The Labute approximate surface area is 91.8 Å². The quantitative estimate of drug-likeness (QED) is 0.734. The number of hydrogen-bond donors (Lipinski definition) is 2. The van der Waals surface area contributed by atoms with Crippen molar-refractivity contribution in [1.29, 1.82) is 0 Å². The van der Waals surface area contributed by atoms with Gasteiger partial charge < -0.3 is 15.4 Å². The molecule has 1 aliphatic carbocycles. The third-order valence-electron chi connectivity index (χ3n) is 2.56. The van der Waals surface area contributed by atoms with Gasteiger partial charge in [0, 0.05) is 12.6 Å². The van der Waals surface area contributed by atoms with Crippen LogP contribution in [0.25, 0.3) is 0 Å².